The Morgan fingerprint density at radius 3 is 2.67 bits per heavy atom. The summed E-state index contributed by atoms with van der Waals surface area (Å²) in [6, 6.07) is 1.97. The predicted molar refractivity (Wildman–Crippen MR) is 51.0 cm³/mol. The highest BCUT2D eigenvalue weighted by Gasteiger charge is 2.20. The minimum absolute atomic E-state index is 0.0699. The molecule has 0 aromatic carbocycles. The van der Waals surface area contributed by atoms with Crippen LogP contribution < -0.4 is 4.90 Å². The molecule has 0 saturated carbocycles. The predicted octanol–water partition coefficient (Wildman–Crippen LogP) is 1.65. The molecule has 0 spiro atoms. The molecular formula is C9H8ClF2N2O. The fourth-order valence-electron chi connectivity index (χ4n) is 1.40. The number of hydrogen-bond donors (Lipinski definition) is 0. The van der Waals surface area contributed by atoms with Gasteiger partial charge in [-0.15, -0.1) is 0 Å². The molecule has 2 rings (SSSR count). The Balaban J connectivity index is 2.33. The summed E-state index contributed by atoms with van der Waals surface area (Å²) in [6.07, 6.45) is 0. The maximum Gasteiger partial charge on any atom is 0.201 e. The van der Waals surface area contributed by atoms with Crippen LogP contribution >= 0.6 is 11.6 Å². The van der Waals surface area contributed by atoms with Crippen LogP contribution in [0.5, 0.6) is 0 Å². The number of pyridine rings is 1. The highest BCUT2D eigenvalue weighted by molar-refractivity contribution is 6.29. The van der Waals surface area contributed by atoms with Crippen LogP contribution in [-0.2, 0) is 4.74 Å². The minimum atomic E-state index is -1.10. The van der Waals surface area contributed by atoms with Gasteiger partial charge in [-0.1, -0.05) is 11.6 Å². The Labute approximate surface area is 90.6 Å². The molecule has 0 amide bonds. The lowest BCUT2D eigenvalue weighted by molar-refractivity contribution is 0.122. The maximum absolute atomic E-state index is 13.4. The van der Waals surface area contributed by atoms with Crippen molar-refractivity contribution in [3.63, 3.8) is 0 Å². The van der Waals surface area contributed by atoms with Gasteiger partial charge in [0.25, 0.3) is 0 Å². The van der Waals surface area contributed by atoms with E-state index in [0.29, 0.717) is 26.3 Å². The third-order valence-electron chi connectivity index (χ3n) is 2.12. The standard InChI is InChI=1S/C9H8ClF2N2O/c10-7-5-6(11)8(12)9(13-7)14-1-3-15-4-2-14/h1-4H2. The van der Waals surface area contributed by atoms with Crippen LogP contribution in [0.15, 0.2) is 0 Å². The molecule has 1 fully saturated rings. The number of anilines is 1. The van der Waals surface area contributed by atoms with Gasteiger partial charge in [0.2, 0.25) is 5.82 Å². The number of hydrogen-bond acceptors (Lipinski definition) is 3. The first-order valence-corrected chi connectivity index (χ1v) is 4.83. The first kappa shape index (κ1) is 10.6. The molecule has 3 nitrogen and oxygen atoms in total. The minimum Gasteiger partial charge on any atom is -0.378 e. The van der Waals surface area contributed by atoms with Crippen LogP contribution in [0.1, 0.15) is 0 Å². The van der Waals surface area contributed by atoms with Crippen molar-refractivity contribution in [3.8, 4) is 0 Å². The van der Waals surface area contributed by atoms with E-state index < -0.39 is 11.6 Å². The summed E-state index contributed by atoms with van der Waals surface area (Å²) in [4.78, 5) is 5.32. The van der Waals surface area contributed by atoms with Gasteiger partial charge in [-0.05, 0) is 0 Å². The smallest absolute Gasteiger partial charge is 0.201 e. The topological polar surface area (TPSA) is 25.4 Å². The largest absolute Gasteiger partial charge is 0.378 e. The second-order valence-electron chi connectivity index (χ2n) is 3.08. The lowest BCUT2D eigenvalue weighted by Crippen LogP contribution is -2.37. The van der Waals surface area contributed by atoms with Crippen molar-refractivity contribution in [3.05, 3.63) is 22.9 Å². The van der Waals surface area contributed by atoms with E-state index in [0.717, 1.165) is 0 Å². The summed E-state index contributed by atoms with van der Waals surface area (Å²) in [7, 11) is 0. The normalized spacial score (nSPS) is 16.9. The monoisotopic (exact) mass is 233 g/mol. The van der Waals surface area contributed by atoms with Gasteiger partial charge < -0.3 is 9.64 Å². The maximum atomic E-state index is 13.4. The fourth-order valence-corrected chi connectivity index (χ4v) is 1.56. The first-order valence-electron chi connectivity index (χ1n) is 4.45. The number of nitrogens with zero attached hydrogens (tertiary/aromatic N) is 2. The Kier molecular flexibility index (Phi) is 3.02. The highest BCUT2D eigenvalue weighted by Crippen LogP contribution is 2.22. The fraction of sp³-hybridized carbons (Fsp3) is 0.444. The van der Waals surface area contributed by atoms with Crippen molar-refractivity contribution in [2.24, 2.45) is 0 Å². The molecule has 2 heterocycles. The van der Waals surface area contributed by atoms with Crippen molar-refractivity contribution >= 4 is 17.4 Å². The number of morpholine rings is 1. The Morgan fingerprint density at radius 1 is 1.33 bits per heavy atom. The summed E-state index contributed by atoms with van der Waals surface area (Å²) < 4.78 is 31.4. The molecule has 1 aromatic rings. The molecule has 15 heavy (non-hydrogen) atoms. The molecule has 6 heteroatoms. The molecule has 1 saturated heterocycles. The van der Waals surface area contributed by atoms with Gasteiger partial charge in [0.05, 0.1) is 19.3 Å². The summed E-state index contributed by atoms with van der Waals surface area (Å²) in [5, 5.41) is -0.171. The Morgan fingerprint density at radius 2 is 2.00 bits per heavy atom. The van der Waals surface area contributed by atoms with Crippen LogP contribution in [0.25, 0.3) is 0 Å². The van der Waals surface area contributed by atoms with Crippen molar-refractivity contribution < 1.29 is 13.5 Å². The number of rotatable bonds is 1. The van der Waals surface area contributed by atoms with Gasteiger partial charge >= 0.3 is 0 Å². The lowest BCUT2D eigenvalue weighted by Gasteiger charge is -2.28. The summed E-state index contributed by atoms with van der Waals surface area (Å²) in [5.74, 6) is -2.18. The van der Waals surface area contributed by atoms with E-state index in [9.17, 15) is 8.78 Å². The third kappa shape index (κ3) is 2.18. The van der Waals surface area contributed by atoms with E-state index in [1.807, 2.05) is 6.07 Å². The average Bonchev–Trinajstić information content (AvgIpc) is 2.24. The Hall–Kier alpha value is -0.940. The molecule has 1 radical (unpaired) electrons. The van der Waals surface area contributed by atoms with E-state index in [1.165, 1.54) is 0 Å². The molecule has 1 aliphatic rings. The molecule has 0 unspecified atom stereocenters. The summed E-state index contributed by atoms with van der Waals surface area (Å²) >= 11 is 5.51. The molecule has 1 aromatic heterocycles. The second kappa shape index (κ2) is 4.28. The zero-order valence-corrected chi connectivity index (χ0v) is 8.52. The molecule has 81 valence electrons. The SMILES string of the molecule is Fc1[c]c(Cl)nc(N2CCOCC2)c1F. The molecule has 0 atom stereocenters. The quantitative estimate of drug-likeness (QED) is 0.690. The molecule has 0 N–H and O–H groups in total. The third-order valence-corrected chi connectivity index (χ3v) is 2.30. The van der Waals surface area contributed by atoms with Gasteiger partial charge in [-0.3, -0.25) is 0 Å². The average molecular weight is 234 g/mol. The van der Waals surface area contributed by atoms with E-state index in [2.05, 4.69) is 4.98 Å². The molecule has 0 bridgehead atoms. The van der Waals surface area contributed by atoms with Gasteiger partial charge in [-0.25, -0.2) is 9.37 Å². The molecule has 0 aliphatic carbocycles. The van der Waals surface area contributed by atoms with Crippen molar-refractivity contribution in [1.29, 1.82) is 0 Å². The van der Waals surface area contributed by atoms with Gasteiger partial charge in [0.15, 0.2) is 11.6 Å². The van der Waals surface area contributed by atoms with Crippen molar-refractivity contribution in [1.82, 2.24) is 4.98 Å². The van der Waals surface area contributed by atoms with Crippen LogP contribution in [0, 0.1) is 17.7 Å². The van der Waals surface area contributed by atoms with Crippen LogP contribution in [0.4, 0.5) is 14.6 Å². The zero-order chi connectivity index (χ0) is 10.8. The van der Waals surface area contributed by atoms with Gasteiger partial charge in [0, 0.05) is 13.1 Å². The highest BCUT2D eigenvalue weighted by atomic mass is 35.5. The lowest BCUT2D eigenvalue weighted by atomic mass is 10.3. The van der Waals surface area contributed by atoms with Crippen LogP contribution in [0.3, 0.4) is 0 Å². The first-order chi connectivity index (χ1) is 7.18. The van der Waals surface area contributed by atoms with Crippen molar-refractivity contribution in [2.45, 2.75) is 0 Å². The van der Waals surface area contributed by atoms with Crippen LogP contribution in [0.2, 0.25) is 5.15 Å². The van der Waals surface area contributed by atoms with E-state index >= 15 is 0 Å². The van der Waals surface area contributed by atoms with Gasteiger partial charge in [0.1, 0.15) is 5.15 Å². The number of ether oxygens (including phenoxy) is 1. The summed E-state index contributed by atoms with van der Waals surface area (Å²) in [5.41, 5.74) is 0. The summed E-state index contributed by atoms with van der Waals surface area (Å²) in [6.45, 7) is 1.89. The van der Waals surface area contributed by atoms with Crippen LogP contribution in [-0.4, -0.2) is 31.3 Å². The van der Waals surface area contributed by atoms with Crippen molar-refractivity contribution in [2.75, 3.05) is 31.2 Å². The van der Waals surface area contributed by atoms with Gasteiger partial charge in [-0.2, -0.15) is 4.39 Å². The zero-order valence-electron chi connectivity index (χ0n) is 7.76. The van der Waals surface area contributed by atoms with E-state index in [4.69, 9.17) is 16.3 Å². The van der Waals surface area contributed by atoms with E-state index in [1.54, 1.807) is 4.90 Å². The Bertz CT molecular complexity index is 369. The number of halogens is 3. The number of aromatic nitrogens is 1. The van der Waals surface area contributed by atoms with E-state index in [-0.39, 0.29) is 11.0 Å². The second-order valence-corrected chi connectivity index (χ2v) is 3.44. The molecular weight excluding hydrogens is 226 g/mol. The molecule has 1 aliphatic heterocycles.